The number of benzene rings is 2. The van der Waals surface area contributed by atoms with Gasteiger partial charge in [0.2, 0.25) is 0 Å². The monoisotopic (exact) mass is 283 g/mol. The lowest BCUT2D eigenvalue weighted by molar-refractivity contribution is 0.687. The van der Waals surface area contributed by atoms with Crippen molar-refractivity contribution >= 4 is 11.8 Å². The molecule has 2 aromatic rings. The molecular weight excluding hydrogens is 262 g/mol. The Morgan fingerprint density at radius 1 is 1.05 bits per heavy atom. The molecular formula is C18H21NS. The van der Waals surface area contributed by atoms with Gasteiger partial charge in [-0.3, -0.25) is 0 Å². The molecule has 0 aromatic heterocycles. The maximum atomic E-state index is 3.55. The Bertz CT molecular complexity index is 558. The van der Waals surface area contributed by atoms with E-state index in [9.17, 15) is 0 Å². The highest BCUT2D eigenvalue weighted by atomic mass is 32.2. The maximum Gasteiger partial charge on any atom is 0.0234 e. The summed E-state index contributed by atoms with van der Waals surface area (Å²) >= 11 is 1.91. The zero-order valence-corrected chi connectivity index (χ0v) is 12.7. The van der Waals surface area contributed by atoms with E-state index in [4.69, 9.17) is 0 Å². The van der Waals surface area contributed by atoms with Gasteiger partial charge in [0, 0.05) is 23.2 Å². The van der Waals surface area contributed by atoms with Gasteiger partial charge in [0.05, 0.1) is 0 Å². The minimum atomic E-state index is 0.783. The van der Waals surface area contributed by atoms with Crippen LogP contribution in [0.15, 0.2) is 53.4 Å². The van der Waals surface area contributed by atoms with Gasteiger partial charge in [0.15, 0.2) is 0 Å². The smallest absolute Gasteiger partial charge is 0.0234 e. The number of thioether (sulfide) groups is 1. The second-order valence-corrected chi connectivity index (χ2v) is 6.56. The van der Waals surface area contributed by atoms with Crippen LogP contribution in [-0.4, -0.2) is 6.04 Å². The van der Waals surface area contributed by atoms with Crippen LogP contribution in [0.5, 0.6) is 0 Å². The fourth-order valence-corrected chi connectivity index (χ4v) is 3.16. The van der Waals surface area contributed by atoms with Crippen LogP contribution in [0.25, 0.3) is 0 Å². The minimum Gasteiger partial charge on any atom is -0.310 e. The van der Waals surface area contributed by atoms with Crippen LogP contribution in [0.1, 0.15) is 29.5 Å². The lowest BCUT2D eigenvalue weighted by atomic mass is 10.1. The molecule has 0 amide bonds. The minimum absolute atomic E-state index is 0.783. The van der Waals surface area contributed by atoms with Crippen LogP contribution < -0.4 is 5.32 Å². The Morgan fingerprint density at radius 3 is 2.50 bits per heavy atom. The summed E-state index contributed by atoms with van der Waals surface area (Å²) < 4.78 is 0. The van der Waals surface area contributed by atoms with E-state index in [1.54, 1.807) is 0 Å². The number of hydrogen-bond acceptors (Lipinski definition) is 2. The number of hydrogen-bond donors (Lipinski definition) is 1. The first-order valence-corrected chi connectivity index (χ1v) is 8.29. The summed E-state index contributed by atoms with van der Waals surface area (Å²) in [5.74, 6) is 1.05. The van der Waals surface area contributed by atoms with E-state index >= 15 is 0 Å². The molecule has 2 aromatic carbocycles. The van der Waals surface area contributed by atoms with E-state index in [1.807, 2.05) is 11.8 Å². The number of rotatable bonds is 6. The highest BCUT2D eigenvalue weighted by Crippen LogP contribution is 2.25. The molecule has 0 atom stereocenters. The van der Waals surface area contributed by atoms with Crippen LogP contribution in [-0.2, 0) is 12.3 Å². The number of aryl methyl sites for hydroxylation is 1. The van der Waals surface area contributed by atoms with Crippen molar-refractivity contribution in [2.75, 3.05) is 0 Å². The molecule has 0 bridgehead atoms. The summed E-state index contributed by atoms with van der Waals surface area (Å²) in [6, 6.07) is 18.4. The van der Waals surface area contributed by atoms with Gasteiger partial charge < -0.3 is 5.32 Å². The molecule has 20 heavy (non-hydrogen) atoms. The Balaban J connectivity index is 1.53. The van der Waals surface area contributed by atoms with Crippen molar-refractivity contribution in [3.8, 4) is 0 Å². The Hall–Kier alpha value is -1.25. The fourth-order valence-electron chi connectivity index (χ4n) is 2.19. The van der Waals surface area contributed by atoms with Crippen LogP contribution >= 0.6 is 11.8 Å². The van der Waals surface area contributed by atoms with Gasteiger partial charge in [-0.25, -0.2) is 0 Å². The third-order valence-electron chi connectivity index (χ3n) is 3.75. The molecule has 104 valence electrons. The molecule has 1 aliphatic rings. The molecule has 0 radical (unpaired) electrons. The van der Waals surface area contributed by atoms with Crippen molar-refractivity contribution < 1.29 is 0 Å². The molecule has 1 saturated carbocycles. The van der Waals surface area contributed by atoms with Crippen LogP contribution in [0.2, 0.25) is 0 Å². The first-order valence-electron chi connectivity index (χ1n) is 7.31. The fraction of sp³-hybridized carbons (Fsp3) is 0.333. The van der Waals surface area contributed by atoms with Crippen molar-refractivity contribution in [3.05, 3.63) is 65.2 Å². The van der Waals surface area contributed by atoms with Crippen LogP contribution in [0.3, 0.4) is 0 Å². The highest BCUT2D eigenvalue weighted by molar-refractivity contribution is 7.98. The van der Waals surface area contributed by atoms with E-state index in [-0.39, 0.29) is 0 Å². The molecule has 0 heterocycles. The molecule has 0 aliphatic heterocycles. The second-order valence-electron chi connectivity index (χ2n) is 5.51. The summed E-state index contributed by atoms with van der Waals surface area (Å²) in [5.41, 5.74) is 4.19. The lowest BCUT2D eigenvalue weighted by Gasteiger charge is -2.07. The zero-order valence-electron chi connectivity index (χ0n) is 11.9. The quantitative estimate of drug-likeness (QED) is 0.781. The Kier molecular flexibility index (Phi) is 4.44. The summed E-state index contributed by atoms with van der Waals surface area (Å²) in [6.07, 6.45) is 2.70. The Morgan fingerprint density at radius 2 is 1.80 bits per heavy atom. The highest BCUT2D eigenvalue weighted by Gasteiger charge is 2.19. The van der Waals surface area contributed by atoms with Crippen molar-refractivity contribution in [3.63, 3.8) is 0 Å². The van der Waals surface area contributed by atoms with Gasteiger partial charge in [-0.1, -0.05) is 36.4 Å². The Labute approximate surface area is 125 Å². The van der Waals surface area contributed by atoms with E-state index in [2.05, 4.69) is 60.8 Å². The topological polar surface area (TPSA) is 12.0 Å². The first kappa shape index (κ1) is 13.7. The normalized spacial score (nSPS) is 14.4. The first-order chi connectivity index (χ1) is 9.81. The molecule has 1 nitrogen and oxygen atoms in total. The van der Waals surface area contributed by atoms with Crippen molar-refractivity contribution in [2.24, 2.45) is 0 Å². The summed E-state index contributed by atoms with van der Waals surface area (Å²) in [4.78, 5) is 1.35. The van der Waals surface area contributed by atoms with Gasteiger partial charge in [-0.2, -0.15) is 0 Å². The van der Waals surface area contributed by atoms with E-state index in [0.29, 0.717) is 0 Å². The number of nitrogens with one attached hydrogen (secondary N) is 1. The standard InChI is InChI=1S/C18H21NS/c1-14-4-2-3-5-16(14)13-20-18-10-6-15(7-11-18)12-19-17-8-9-17/h2-7,10-11,17,19H,8-9,12-13H2,1H3. The van der Waals surface area contributed by atoms with Gasteiger partial charge in [0.1, 0.15) is 0 Å². The molecule has 1 aliphatic carbocycles. The summed E-state index contributed by atoms with van der Waals surface area (Å²) in [5, 5.41) is 3.55. The molecule has 0 spiro atoms. The average Bonchev–Trinajstić information content (AvgIpc) is 3.30. The van der Waals surface area contributed by atoms with Crippen molar-refractivity contribution in [2.45, 2.75) is 43.0 Å². The molecule has 3 rings (SSSR count). The van der Waals surface area contributed by atoms with E-state index in [1.165, 1.54) is 34.4 Å². The molecule has 1 N–H and O–H groups in total. The van der Waals surface area contributed by atoms with Crippen LogP contribution in [0, 0.1) is 6.92 Å². The van der Waals surface area contributed by atoms with Crippen LogP contribution in [0.4, 0.5) is 0 Å². The third kappa shape index (κ3) is 3.87. The van der Waals surface area contributed by atoms with Gasteiger partial charge >= 0.3 is 0 Å². The molecule has 1 fully saturated rings. The average molecular weight is 283 g/mol. The van der Waals surface area contributed by atoms with E-state index in [0.717, 1.165) is 18.3 Å². The van der Waals surface area contributed by atoms with Crippen molar-refractivity contribution in [1.29, 1.82) is 0 Å². The molecule has 0 unspecified atom stereocenters. The zero-order chi connectivity index (χ0) is 13.8. The van der Waals surface area contributed by atoms with Gasteiger partial charge in [0.25, 0.3) is 0 Å². The predicted molar refractivity (Wildman–Crippen MR) is 87.0 cm³/mol. The van der Waals surface area contributed by atoms with Gasteiger partial charge in [-0.05, 0) is 48.6 Å². The lowest BCUT2D eigenvalue weighted by Crippen LogP contribution is -2.14. The molecule has 0 saturated heterocycles. The predicted octanol–water partition coefficient (Wildman–Crippen LogP) is 4.54. The third-order valence-corrected chi connectivity index (χ3v) is 4.81. The summed E-state index contributed by atoms with van der Waals surface area (Å²) in [6.45, 7) is 3.19. The van der Waals surface area contributed by atoms with E-state index < -0.39 is 0 Å². The largest absolute Gasteiger partial charge is 0.310 e. The van der Waals surface area contributed by atoms with Crippen molar-refractivity contribution in [1.82, 2.24) is 5.32 Å². The maximum absolute atomic E-state index is 3.55. The molecule has 2 heteroatoms. The SMILES string of the molecule is Cc1ccccc1CSc1ccc(CNC2CC2)cc1. The van der Waals surface area contributed by atoms with Gasteiger partial charge in [-0.15, -0.1) is 11.8 Å². The summed E-state index contributed by atoms with van der Waals surface area (Å²) in [7, 11) is 0. The second kappa shape index (κ2) is 6.47.